The Morgan fingerprint density at radius 3 is 2.48 bits per heavy atom. The lowest BCUT2D eigenvalue weighted by Crippen LogP contribution is -2.50. The van der Waals surface area contributed by atoms with Crippen LogP contribution in [0.5, 0.6) is 0 Å². The van der Waals surface area contributed by atoms with E-state index in [1.807, 2.05) is 11.8 Å². The van der Waals surface area contributed by atoms with Crippen molar-refractivity contribution in [1.82, 2.24) is 0 Å². The van der Waals surface area contributed by atoms with Gasteiger partial charge in [0.2, 0.25) is 0 Å². The van der Waals surface area contributed by atoms with Gasteiger partial charge in [-0.15, -0.1) is 0 Å². The van der Waals surface area contributed by atoms with Gasteiger partial charge in [-0.1, -0.05) is 6.92 Å². The Labute approximate surface area is 124 Å². The number of hydrogen-bond donors (Lipinski definition) is 2. The third kappa shape index (κ3) is 3.19. The average molecular weight is 312 g/mol. The van der Waals surface area contributed by atoms with Gasteiger partial charge in [0.15, 0.2) is 9.84 Å². The lowest BCUT2D eigenvalue weighted by atomic mass is 10.0. The van der Waals surface area contributed by atoms with Crippen molar-refractivity contribution in [2.24, 2.45) is 5.73 Å². The summed E-state index contributed by atoms with van der Waals surface area (Å²) in [7, 11) is -3.22. The Kier molecular flexibility index (Phi) is 4.25. The minimum atomic E-state index is -3.22. The number of hydrogen-bond acceptors (Lipinski definition) is 5. The van der Waals surface area contributed by atoms with Crippen LogP contribution in [-0.2, 0) is 14.6 Å². The summed E-state index contributed by atoms with van der Waals surface area (Å²) in [5, 5.41) is 9.12. The Hall–Kier alpha value is -1.60. The van der Waals surface area contributed by atoms with E-state index in [9.17, 15) is 13.2 Å². The standard InChI is InChI=1S/C14H20N2O4S/c1-2-9-21(19,20)12-5-3-11(4-6-12)16-8-7-14(15,10-16)13(17)18/h3-6H,2,7-10,15H2,1H3,(H,17,18). The van der Waals surface area contributed by atoms with Crippen molar-refractivity contribution in [3.05, 3.63) is 24.3 Å². The molecule has 0 saturated carbocycles. The van der Waals surface area contributed by atoms with Gasteiger partial charge < -0.3 is 15.7 Å². The Morgan fingerprint density at radius 1 is 1.38 bits per heavy atom. The minimum Gasteiger partial charge on any atom is -0.480 e. The molecule has 0 bridgehead atoms. The molecule has 3 N–H and O–H groups in total. The normalized spacial score (nSPS) is 22.5. The van der Waals surface area contributed by atoms with E-state index >= 15 is 0 Å². The summed E-state index contributed by atoms with van der Waals surface area (Å²) in [5.41, 5.74) is 5.39. The number of aliphatic carboxylic acids is 1. The third-order valence-electron chi connectivity index (χ3n) is 3.76. The highest BCUT2D eigenvalue weighted by Gasteiger charge is 2.41. The SMILES string of the molecule is CCCS(=O)(=O)c1ccc(N2CCC(N)(C(=O)O)C2)cc1. The predicted octanol–water partition coefficient (Wildman–Crippen LogP) is 0.863. The zero-order valence-corrected chi connectivity index (χ0v) is 12.8. The lowest BCUT2D eigenvalue weighted by Gasteiger charge is -2.21. The number of rotatable bonds is 5. The maximum Gasteiger partial charge on any atom is 0.325 e. The second-order valence-corrected chi connectivity index (χ2v) is 7.55. The van der Waals surface area contributed by atoms with Crippen LogP contribution in [0, 0.1) is 0 Å². The lowest BCUT2D eigenvalue weighted by molar-refractivity contribution is -0.142. The number of carbonyl (C=O) groups is 1. The molecule has 1 unspecified atom stereocenters. The van der Waals surface area contributed by atoms with Crippen LogP contribution in [0.1, 0.15) is 19.8 Å². The van der Waals surface area contributed by atoms with E-state index in [0.717, 1.165) is 5.69 Å². The summed E-state index contributed by atoms with van der Waals surface area (Å²) in [6.45, 7) is 2.59. The van der Waals surface area contributed by atoms with Gasteiger partial charge in [0, 0.05) is 18.8 Å². The predicted molar refractivity (Wildman–Crippen MR) is 80.2 cm³/mol. The maximum absolute atomic E-state index is 11.9. The first-order chi connectivity index (χ1) is 9.78. The van der Waals surface area contributed by atoms with E-state index in [-0.39, 0.29) is 12.3 Å². The molecular weight excluding hydrogens is 292 g/mol. The second kappa shape index (κ2) is 5.65. The van der Waals surface area contributed by atoms with Gasteiger partial charge in [-0.2, -0.15) is 0 Å². The molecule has 1 aliphatic heterocycles. The van der Waals surface area contributed by atoms with Crippen LogP contribution >= 0.6 is 0 Å². The molecule has 2 rings (SSSR count). The first-order valence-corrected chi connectivity index (χ1v) is 8.54. The molecule has 116 valence electrons. The van der Waals surface area contributed by atoms with Crippen LogP contribution in [0.3, 0.4) is 0 Å². The van der Waals surface area contributed by atoms with Gasteiger partial charge in [-0.05, 0) is 37.1 Å². The summed E-state index contributed by atoms with van der Waals surface area (Å²) in [6, 6.07) is 6.54. The summed E-state index contributed by atoms with van der Waals surface area (Å²) in [5.74, 6) is -0.881. The van der Waals surface area contributed by atoms with E-state index in [2.05, 4.69) is 0 Å². The van der Waals surface area contributed by atoms with E-state index in [1.165, 1.54) is 0 Å². The molecule has 1 saturated heterocycles. The largest absolute Gasteiger partial charge is 0.480 e. The zero-order chi connectivity index (χ0) is 15.7. The number of carboxylic acid groups (broad SMARTS) is 1. The van der Waals surface area contributed by atoms with Gasteiger partial charge in [-0.3, -0.25) is 4.79 Å². The minimum absolute atomic E-state index is 0.126. The summed E-state index contributed by atoms with van der Waals surface area (Å²) in [6.07, 6.45) is 0.947. The molecule has 0 aromatic heterocycles. The first kappa shape index (κ1) is 15.8. The molecule has 1 heterocycles. The Bertz CT molecular complexity index is 627. The van der Waals surface area contributed by atoms with E-state index in [4.69, 9.17) is 10.8 Å². The number of nitrogens with zero attached hydrogens (tertiary/aromatic N) is 1. The van der Waals surface area contributed by atoms with Crippen LogP contribution in [0.4, 0.5) is 5.69 Å². The Balaban J connectivity index is 2.16. The topological polar surface area (TPSA) is 101 Å². The molecule has 0 aliphatic carbocycles. The quantitative estimate of drug-likeness (QED) is 0.836. The van der Waals surface area contributed by atoms with E-state index in [0.29, 0.717) is 24.3 Å². The van der Waals surface area contributed by atoms with Crippen molar-refractivity contribution >= 4 is 21.5 Å². The van der Waals surface area contributed by atoms with Crippen LogP contribution < -0.4 is 10.6 Å². The van der Waals surface area contributed by atoms with Gasteiger partial charge in [0.05, 0.1) is 10.6 Å². The van der Waals surface area contributed by atoms with Crippen LogP contribution in [0.25, 0.3) is 0 Å². The zero-order valence-electron chi connectivity index (χ0n) is 11.9. The fourth-order valence-corrected chi connectivity index (χ4v) is 3.80. The van der Waals surface area contributed by atoms with Crippen molar-refractivity contribution in [3.8, 4) is 0 Å². The van der Waals surface area contributed by atoms with Gasteiger partial charge in [0.25, 0.3) is 0 Å². The molecular formula is C14H20N2O4S. The third-order valence-corrected chi connectivity index (χ3v) is 5.70. The van der Waals surface area contributed by atoms with Crippen molar-refractivity contribution in [2.75, 3.05) is 23.7 Å². The van der Waals surface area contributed by atoms with Crippen LogP contribution in [-0.4, -0.2) is 43.9 Å². The summed E-state index contributed by atoms with van der Waals surface area (Å²) < 4.78 is 23.9. The van der Waals surface area contributed by atoms with Crippen LogP contribution in [0.15, 0.2) is 29.2 Å². The second-order valence-electron chi connectivity index (χ2n) is 5.45. The fraction of sp³-hybridized carbons (Fsp3) is 0.500. The fourth-order valence-electron chi connectivity index (χ4n) is 2.48. The molecule has 1 atom stereocenters. The maximum atomic E-state index is 11.9. The van der Waals surface area contributed by atoms with Gasteiger partial charge >= 0.3 is 5.97 Å². The number of benzene rings is 1. The van der Waals surface area contributed by atoms with E-state index in [1.54, 1.807) is 24.3 Å². The van der Waals surface area contributed by atoms with Gasteiger partial charge in [0.1, 0.15) is 5.54 Å². The molecule has 0 amide bonds. The number of anilines is 1. The highest BCUT2D eigenvalue weighted by molar-refractivity contribution is 7.91. The highest BCUT2D eigenvalue weighted by atomic mass is 32.2. The number of sulfone groups is 1. The average Bonchev–Trinajstić information content (AvgIpc) is 2.83. The molecule has 21 heavy (non-hydrogen) atoms. The molecule has 0 spiro atoms. The van der Waals surface area contributed by atoms with Crippen molar-refractivity contribution < 1.29 is 18.3 Å². The van der Waals surface area contributed by atoms with Crippen molar-refractivity contribution in [3.63, 3.8) is 0 Å². The molecule has 1 aromatic carbocycles. The molecule has 1 aliphatic rings. The number of carboxylic acids is 1. The Morgan fingerprint density at radius 2 is 2.00 bits per heavy atom. The van der Waals surface area contributed by atoms with Gasteiger partial charge in [-0.25, -0.2) is 8.42 Å². The van der Waals surface area contributed by atoms with Crippen molar-refractivity contribution in [1.29, 1.82) is 0 Å². The number of nitrogens with two attached hydrogens (primary N) is 1. The summed E-state index contributed by atoms with van der Waals surface area (Å²) in [4.78, 5) is 13.3. The summed E-state index contributed by atoms with van der Waals surface area (Å²) >= 11 is 0. The molecule has 7 heteroatoms. The molecule has 6 nitrogen and oxygen atoms in total. The smallest absolute Gasteiger partial charge is 0.325 e. The van der Waals surface area contributed by atoms with Crippen molar-refractivity contribution in [2.45, 2.75) is 30.2 Å². The highest BCUT2D eigenvalue weighted by Crippen LogP contribution is 2.26. The molecule has 1 aromatic rings. The van der Waals surface area contributed by atoms with E-state index < -0.39 is 21.3 Å². The monoisotopic (exact) mass is 312 g/mol. The molecule has 0 radical (unpaired) electrons. The van der Waals surface area contributed by atoms with Crippen LogP contribution in [0.2, 0.25) is 0 Å². The molecule has 1 fully saturated rings. The first-order valence-electron chi connectivity index (χ1n) is 6.88.